The van der Waals surface area contributed by atoms with Gasteiger partial charge in [-0.05, 0) is 65.7 Å². The van der Waals surface area contributed by atoms with Gasteiger partial charge in [0.2, 0.25) is 0 Å². The zero-order valence-corrected chi connectivity index (χ0v) is 15.4. The van der Waals surface area contributed by atoms with Crippen molar-refractivity contribution in [3.8, 4) is 5.75 Å². The van der Waals surface area contributed by atoms with Crippen molar-refractivity contribution in [3.05, 3.63) is 102 Å². The molecule has 138 valence electrons. The van der Waals surface area contributed by atoms with Crippen LogP contribution in [0.1, 0.15) is 28.4 Å². The molecule has 0 aliphatic heterocycles. The third-order valence-corrected chi connectivity index (χ3v) is 3.88. The Hall–Kier alpha value is -3.79. The van der Waals surface area contributed by atoms with E-state index >= 15 is 0 Å². The van der Waals surface area contributed by atoms with E-state index in [9.17, 15) is 9.59 Å². The molecule has 0 fully saturated rings. The van der Waals surface area contributed by atoms with Crippen molar-refractivity contribution in [3.63, 3.8) is 0 Å². The molecule has 4 nitrogen and oxygen atoms in total. The van der Waals surface area contributed by atoms with Gasteiger partial charge in [-0.1, -0.05) is 36.4 Å². The lowest BCUT2D eigenvalue weighted by molar-refractivity contribution is -0.131. The average molecular weight is 369 g/mol. The van der Waals surface area contributed by atoms with Gasteiger partial charge in [0.15, 0.2) is 5.78 Å². The van der Waals surface area contributed by atoms with E-state index in [1.54, 1.807) is 54.8 Å². The maximum absolute atomic E-state index is 12.3. The van der Waals surface area contributed by atoms with Gasteiger partial charge >= 0.3 is 5.97 Å². The van der Waals surface area contributed by atoms with Gasteiger partial charge in [-0.25, -0.2) is 0 Å². The van der Waals surface area contributed by atoms with Crippen molar-refractivity contribution in [1.29, 1.82) is 0 Å². The predicted octanol–water partition coefficient (Wildman–Crippen LogP) is 5.26. The summed E-state index contributed by atoms with van der Waals surface area (Å²) >= 11 is 0. The summed E-state index contributed by atoms with van der Waals surface area (Å²) in [6, 6.07) is 23.9. The second kappa shape index (κ2) is 9.24. The Kier molecular flexibility index (Phi) is 6.26. The summed E-state index contributed by atoms with van der Waals surface area (Å²) in [5.74, 6) is 0.0891. The molecule has 0 aliphatic carbocycles. The van der Waals surface area contributed by atoms with E-state index in [1.165, 1.54) is 6.92 Å². The number of nitrogens with zero attached hydrogens (tertiary/aromatic N) is 1. The molecule has 0 aromatic heterocycles. The molecule has 28 heavy (non-hydrogen) atoms. The molecule has 3 aromatic rings. The molecule has 0 heterocycles. The fraction of sp³-hybridized carbons (Fsp3) is 0.0417. The van der Waals surface area contributed by atoms with Crippen molar-refractivity contribution < 1.29 is 14.3 Å². The Morgan fingerprint density at radius 3 is 2.14 bits per heavy atom. The van der Waals surface area contributed by atoms with Crippen LogP contribution in [-0.4, -0.2) is 18.0 Å². The number of benzene rings is 3. The van der Waals surface area contributed by atoms with Crippen molar-refractivity contribution >= 4 is 29.7 Å². The summed E-state index contributed by atoms with van der Waals surface area (Å²) in [7, 11) is 0. The maximum Gasteiger partial charge on any atom is 0.308 e. The predicted molar refractivity (Wildman–Crippen MR) is 111 cm³/mol. The van der Waals surface area contributed by atoms with E-state index < -0.39 is 0 Å². The SMILES string of the molecule is CC(=O)Oc1ccc(C=Nc2ccc(C(=O)/C=C\c3ccccc3)cc2)cc1. The molecule has 3 aromatic carbocycles. The Labute approximate surface area is 163 Å². The van der Waals surface area contributed by atoms with Gasteiger partial charge in [0.1, 0.15) is 5.75 Å². The number of allylic oxidation sites excluding steroid dienone is 1. The van der Waals surface area contributed by atoms with Gasteiger partial charge in [0, 0.05) is 18.7 Å². The van der Waals surface area contributed by atoms with E-state index in [0.29, 0.717) is 11.3 Å². The second-order valence-corrected chi connectivity index (χ2v) is 6.08. The minimum atomic E-state index is -0.352. The largest absolute Gasteiger partial charge is 0.427 e. The highest BCUT2D eigenvalue weighted by atomic mass is 16.5. The summed E-state index contributed by atoms with van der Waals surface area (Å²) < 4.78 is 4.99. The molecule has 0 unspecified atom stereocenters. The van der Waals surface area contributed by atoms with Crippen LogP contribution in [0.4, 0.5) is 5.69 Å². The summed E-state index contributed by atoms with van der Waals surface area (Å²) in [4.78, 5) is 27.6. The van der Waals surface area contributed by atoms with Gasteiger partial charge in [-0.3, -0.25) is 14.6 Å². The molecule has 0 N–H and O–H groups in total. The number of hydrogen-bond acceptors (Lipinski definition) is 4. The number of ketones is 1. The van der Waals surface area contributed by atoms with E-state index in [1.807, 2.05) is 42.5 Å². The first kappa shape index (κ1) is 19.0. The Balaban J connectivity index is 1.62. The summed E-state index contributed by atoms with van der Waals surface area (Å²) in [6.45, 7) is 1.36. The molecule has 0 saturated carbocycles. The third-order valence-electron chi connectivity index (χ3n) is 3.88. The molecule has 0 radical (unpaired) electrons. The number of aliphatic imine (C=N–C) groups is 1. The van der Waals surface area contributed by atoms with Crippen LogP contribution in [0, 0.1) is 0 Å². The van der Waals surface area contributed by atoms with E-state index in [-0.39, 0.29) is 11.8 Å². The second-order valence-electron chi connectivity index (χ2n) is 6.08. The van der Waals surface area contributed by atoms with Gasteiger partial charge in [-0.2, -0.15) is 0 Å². The fourth-order valence-electron chi connectivity index (χ4n) is 2.48. The van der Waals surface area contributed by atoms with Gasteiger partial charge < -0.3 is 4.74 Å². The summed E-state index contributed by atoms with van der Waals surface area (Å²) in [6.07, 6.45) is 5.08. The zero-order chi connectivity index (χ0) is 19.8. The van der Waals surface area contributed by atoms with Crippen molar-refractivity contribution in [1.82, 2.24) is 0 Å². The Morgan fingerprint density at radius 2 is 1.50 bits per heavy atom. The first-order valence-electron chi connectivity index (χ1n) is 8.80. The van der Waals surface area contributed by atoms with Crippen LogP contribution in [0.5, 0.6) is 5.75 Å². The first-order chi connectivity index (χ1) is 13.6. The highest BCUT2D eigenvalue weighted by Gasteiger charge is 2.01. The van der Waals surface area contributed by atoms with Crippen molar-refractivity contribution in [2.75, 3.05) is 0 Å². The molecule has 4 heteroatoms. The van der Waals surface area contributed by atoms with Crippen LogP contribution in [-0.2, 0) is 4.79 Å². The molecule has 0 bridgehead atoms. The average Bonchev–Trinajstić information content (AvgIpc) is 2.72. The summed E-state index contributed by atoms with van der Waals surface area (Å²) in [5, 5.41) is 0. The molecule has 0 saturated heterocycles. The molecular formula is C24H19NO3. The van der Waals surface area contributed by atoms with Crippen LogP contribution < -0.4 is 4.74 Å². The van der Waals surface area contributed by atoms with Gasteiger partial charge in [-0.15, -0.1) is 0 Å². The highest BCUT2D eigenvalue weighted by Crippen LogP contribution is 2.16. The quantitative estimate of drug-likeness (QED) is 0.196. The highest BCUT2D eigenvalue weighted by molar-refractivity contribution is 6.07. The Bertz CT molecular complexity index is 1000. The first-order valence-corrected chi connectivity index (χ1v) is 8.80. The molecule has 0 amide bonds. The third kappa shape index (κ3) is 5.61. The Morgan fingerprint density at radius 1 is 0.821 bits per heavy atom. The molecule has 3 rings (SSSR count). The van der Waals surface area contributed by atoms with Crippen LogP contribution in [0.3, 0.4) is 0 Å². The van der Waals surface area contributed by atoms with Crippen LogP contribution in [0.2, 0.25) is 0 Å². The monoisotopic (exact) mass is 369 g/mol. The number of esters is 1. The normalized spacial score (nSPS) is 11.0. The minimum Gasteiger partial charge on any atom is -0.427 e. The summed E-state index contributed by atoms with van der Waals surface area (Å²) in [5.41, 5.74) is 3.21. The van der Waals surface area contributed by atoms with Crippen molar-refractivity contribution in [2.45, 2.75) is 6.92 Å². The van der Waals surface area contributed by atoms with Crippen LogP contribution >= 0.6 is 0 Å². The van der Waals surface area contributed by atoms with Gasteiger partial charge in [0.05, 0.1) is 5.69 Å². The molecule has 0 atom stereocenters. The lowest BCUT2D eigenvalue weighted by Crippen LogP contribution is -2.00. The topological polar surface area (TPSA) is 55.7 Å². The number of carbonyl (C=O) groups excluding carboxylic acids is 2. The zero-order valence-electron chi connectivity index (χ0n) is 15.4. The number of carbonyl (C=O) groups is 2. The fourth-order valence-corrected chi connectivity index (χ4v) is 2.48. The number of hydrogen-bond donors (Lipinski definition) is 0. The van der Waals surface area contributed by atoms with Crippen molar-refractivity contribution in [2.24, 2.45) is 4.99 Å². The van der Waals surface area contributed by atoms with Gasteiger partial charge in [0.25, 0.3) is 0 Å². The minimum absolute atomic E-state index is 0.0551. The van der Waals surface area contributed by atoms with E-state index in [0.717, 1.165) is 16.8 Å². The van der Waals surface area contributed by atoms with Crippen LogP contribution in [0.25, 0.3) is 6.08 Å². The van der Waals surface area contributed by atoms with E-state index in [2.05, 4.69) is 4.99 Å². The molecule has 0 spiro atoms. The number of rotatable bonds is 6. The number of ether oxygens (including phenoxy) is 1. The smallest absolute Gasteiger partial charge is 0.308 e. The van der Waals surface area contributed by atoms with Crippen LogP contribution in [0.15, 0.2) is 89.9 Å². The lowest BCUT2D eigenvalue weighted by atomic mass is 10.1. The maximum atomic E-state index is 12.3. The lowest BCUT2D eigenvalue weighted by Gasteiger charge is -2.01. The molecular weight excluding hydrogens is 350 g/mol. The molecule has 0 aliphatic rings. The standard InChI is InChI=1S/C24H19NO3/c1-18(26)28-23-14-7-20(8-15-23)17-25-22-12-10-21(11-13-22)24(27)16-9-19-5-3-2-4-6-19/h2-17H,1H3/b16-9-,25-17?. The van der Waals surface area contributed by atoms with E-state index in [4.69, 9.17) is 4.74 Å².